The zero-order valence-corrected chi connectivity index (χ0v) is 18.1. The van der Waals surface area contributed by atoms with E-state index in [0.717, 1.165) is 15.9 Å². The number of nitrogens with one attached hydrogen (secondary N) is 2. The van der Waals surface area contributed by atoms with Crippen LogP contribution in [0.3, 0.4) is 0 Å². The summed E-state index contributed by atoms with van der Waals surface area (Å²) in [5, 5.41) is 10.0. The van der Waals surface area contributed by atoms with E-state index in [-0.39, 0.29) is 11.8 Å². The molecular formula is C23H18BrN5O2. The molecule has 0 aliphatic rings. The van der Waals surface area contributed by atoms with Gasteiger partial charge in [0.05, 0.1) is 28.7 Å². The SMILES string of the molecule is Cc1c(C(=O)Nc2cccc(NC(=O)c3cccnc3)c2)cnn1-c1ccc(Br)cc1. The van der Waals surface area contributed by atoms with Gasteiger partial charge in [-0.2, -0.15) is 5.10 Å². The molecule has 0 unspecified atom stereocenters. The molecule has 0 saturated heterocycles. The van der Waals surface area contributed by atoms with Gasteiger partial charge in [0.1, 0.15) is 0 Å². The third kappa shape index (κ3) is 4.70. The molecule has 2 N–H and O–H groups in total. The van der Waals surface area contributed by atoms with Gasteiger partial charge in [-0.3, -0.25) is 14.6 Å². The van der Waals surface area contributed by atoms with E-state index in [1.54, 1.807) is 53.5 Å². The standard InChI is InChI=1S/C23H18BrN5O2/c1-15-21(14-26-29(15)20-9-7-17(24)8-10-20)23(31)28-19-6-2-5-18(12-19)27-22(30)16-4-3-11-25-13-16/h2-14H,1H3,(H,27,30)(H,28,31). The summed E-state index contributed by atoms with van der Waals surface area (Å²) in [7, 11) is 0. The van der Waals surface area contributed by atoms with Crippen molar-refractivity contribution in [1.82, 2.24) is 14.8 Å². The Bertz CT molecular complexity index is 1240. The molecule has 4 aromatic rings. The van der Waals surface area contributed by atoms with Crippen molar-refractivity contribution in [1.29, 1.82) is 0 Å². The molecule has 0 aliphatic carbocycles. The lowest BCUT2D eigenvalue weighted by molar-refractivity contribution is 0.101. The minimum atomic E-state index is -0.281. The molecule has 0 saturated carbocycles. The summed E-state index contributed by atoms with van der Waals surface area (Å²) in [4.78, 5) is 29.1. The van der Waals surface area contributed by atoms with Gasteiger partial charge in [-0.15, -0.1) is 0 Å². The maximum absolute atomic E-state index is 12.8. The second kappa shape index (κ2) is 8.93. The van der Waals surface area contributed by atoms with Crippen molar-refractivity contribution >= 4 is 39.1 Å². The van der Waals surface area contributed by atoms with Gasteiger partial charge in [0.25, 0.3) is 11.8 Å². The maximum Gasteiger partial charge on any atom is 0.259 e. The number of anilines is 2. The number of rotatable bonds is 5. The van der Waals surface area contributed by atoms with E-state index in [1.807, 2.05) is 31.2 Å². The Balaban J connectivity index is 1.49. The average molecular weight is 476 g/mol. The van der Waals surface area contributed by atoms with Crippen LogP contribution in [-0.2, 0) is 0 Å². The molecule has 0 atom stereocenters. The Labute approximate surface area is 187 Å². The second-order valence-corrected chi connectivity index (χ2v) is 7.68. The molecule has 4 rings (SSSR count). The molecule has 0 fully saturated rings. The molecule has 2 heterocycles. The summed E-state index contributed by atoms with van der Waals surface area (Å²) in [5.74, 6) is -0.556. The van der Waals surface area contributed by atoms with Crippen molar-refractivity contribution in [2.75, 3.05) is 10.6 Å². The number of benzene rings is 2. The summed E-state index contributed by atoms with van der Waals surface area (Å²) in [6.07, 6.45) is 4.64. The average Bonchev–Trinajstić information content (AvgIpc) is 3.16. The molecule has 0 bridgehead atoms. The zero-order valence-electron chi connectivity index (χ0n) is 16.5. The van der Waals surface area contributed by atoms with Crippen LogP contribution in [0.4, 0.5) is 11.4 Å². The fourth-order valence-electron chi connectivity index (χ4n) is 3.05. The predicted molar refractivity (Wildman–Crippen MR) is 123 cm³/mol. The van der Waals surface area contributed by atoms with Crippen LogP contribution < -0.4 is 10.6 Å². The lowest BCUT2D eigenvalue weighted by Gasteiger charge is -2.09. The second-order valence-electron chi connectivity index (χ2n) is 6.76. The highest BCUT2D eigenvalue weighted by Crippen LogP contribution is 2.20. The normalized spacial score (nSPS) is 10.5. The van der Waals surface area contributed by atoms with E-state index in [4.69, 9.17) is 0 Å². The van der Waals surface area contributed by atoms with Gasteiger partial charge in [-0.05, 0) is 61.5 Å². The molecule has 0 spiro atoms. The Morgan fingerprint density at radius 1 is 0.903 bits per heavy atom. The van der Waals surface area contributed by atoms with E-state index in [1.165, 1.54) is 6.20 Å². The van der Waals surface area contributed by atoms with Crippen LogP contribution in [0.25, 0.3) is 5.69 Å². The number of hydrogen-bond donors (Lipinski definition) is 2. The van der Waals surface area contributed by atoms with Crippen LogP contribution in [0.2, 0.25) is 0 Å². The largest absolute Gasteiger partial charge is 0.322 e. The summed E-state index contributed by atoms with van der Waals surface area (Å²) >= 11 is 3.41. The number of carbonyl (C=O) groups excluding carboxylic acids is 2. The molecule has 8 heteroatoms. The number of pyridine rings is 1. The molecule has 2 aromatic heterocycles. The lowest BCUT2D eigenvalue weighted by Crippen LogP contribution is -2.14. The third-order valence-electron chi connectivity index (χ3n) is 4.63. The fourth-order valence-corrected chi connectivity index (χ4v) is 3.31. The van der Waals surface area contributed by atoms with Gasteiger partial charge in [-0.25, -0.2) is 4.68 Å². The first-order valence-corrected chi connectivity index (χ1v) is 10.2. The van der Waals surface area contributed by atoms with Crippen LogP contribution in [0, 0.1) is 6.92 Å². The Morgan fingerprint density at radius 2 is 1.61 bits per heavy atom. The first-order valence-electron chi connectivity index (χ1n) is 9.44. The molecule has 2 amide bonds. The van der Waals surface area contributed by atoms with Crippen molar-refractivity contribution in [2.24, 2.45) is 0 Å². The Kier molecular flexibility index (Phi) is 5.90. The van der Waals surface area contributed by atoms with Crippen LogP contribution >= 0.6 is 15.9 Å². The van der Waals surface area contributed by atoms with Gasteiger partial charge < -0.3 is 10.6 Å². The van der Waals surface area contributed by atoms with Crippen molar-refractivity contribution in [3.63, 3.8) is 0 Å². The molecule has 31 heavy (non-hydrogen) atoms. The first kappa shape index (κ1) is 20.5. The predicted octanol–water partition coefficient (Wildman–Crippen LogP) is 4.84. The number of hydrogen-bond acceptors (Lipinski definition) is 4. The number of amides is 2. The van der Waals surface area contributed by atoms with Gasteiger partial charge in [0, 0.05) is 28.2 Å². The highest BCUT2D eigenvalue weighted by molar-refractivity contribution is 9.10. The minimum absolute atomic E-state index is 0.275. The lowest BCUT2D eigenvalue weighted by atomic mass is 10.2. The molecule has 7 nitrogen and oxygen atoms in total. The molecule has 0 aliphatic heterocycles. The molecule has 154 valence electrons. The van der Waals surface area contributed by atoms with Crippen molar-refractivity contribution in [2.45, 2.75) is 6.92 Å². The van der Waals surface area contributed by atoms with Gasteiger partial charge >= 0.3 is 0 Å². The van der Waals surface area contributed by atoms with Gasteiger partial charge in [-0.1, -0.05) is 22.0 Å². The summed E-state index contributed by atoms with van der Waals surface area (Å²) in [6.45, 7) is 1.84. The summed E-state index contributed by atoms with van der Waals surface area (Å²) in [5.41, 5.74) is 3.63. The van der Waals surface area contributed by atoms with Crippen LogP contribution in [0.15, 0.2) is 83.7 Å². The van der Waals surface area contributed by atoms with Gasteiger partial charge in [0.2, 0.25) is 0 Å². The fraction of sp³-hybridized carbons (Fsp3) is 0.0435. The summed E-state index contributed by atoms with van der Waals surface area (Å²) in [6, 6.07) is 18.0. The molecular weight excluding hydrogens is 458 g/mol. The van der Waals surface area contributed by atoms with Crippen LogP contribution in [-0.4, -0.2) is 26.6 Å². The van der Waals surface area contributed by atoms with E-state index in [0.29, 0.717) is 22.5 Å². The first-order chi connectivity index (χ1) is 15.0. The van der Waals surface area contributed by atoms with E-state index < -0.39 is 0 Å². The maximum atomic E-state index is 12.8. The number of nitrogens with zero attached hydrogens (tertiary/aromatic N) is 3. The zero-order chi connectivity index (χ0) is 21.8. The van der Waals surface area contributed by atoms with Gasteiger partial charge in [0.15, 0.2) is 0 Å². The van der Waals surface area contributed by atoms with E-state index in [2.05, 4.69) is 36.6 Å². The monoisotopic (exact) mass is 475 g/mol. The van der Waals surface area contributed by atoms with Crippen molar-refractivity contribution in [3.05, 3.63) is 101 Å². The Morgan fingerprint density at radius 3 is 2.29 bits per heavy atom. The number of aromatic nitrogens is 3. The van der Waals surface area contributed by atoms with E-state index in [9.17, 15) is 9.59 Å². The number of carbonyl (C=O) groups is 2. The highest BCUT2D eigenvalue weighted by atomic mass is 79.9. The van der Waals surface area contributed by atoms with Crippen molar-refractivity contribution < 1.29 is 9.59 Å². The van der Waals surface area contributed by atoms with E-state index >= 15 is 0 Å². The molecule has 0 radical (unpaired) electrons. The quantitative estimate of drug-likeness (QED) is 0.432. The Hall–Kier alpha value is -3.78. The highest BCUT2D eigenvalue weighted by Gasteiger charge is 2.16. The van der Waals surface area contributed by atoms with Crippen LogP contribution in [0.5, 0.6) is 0 Å². The topological polar surface area (TPSA) is 88.9 Å². The summed E-state index contributed by atoms with van der Waals surface area (Å²) < 4.78 is 2.68. The smallest absolute Gasteiger partial charge is 0.259 e. The van der Waals surface area contributed by atoms with Crippen molar-refractivity contribution in [3.8, 4) is 5.69 Å². The molecule has 2 aromatic carbocycles. The third-order valence-corrected chi connectivity index (χ3v) is 5.16. The number of halogens is 1. The minimum Gasteiger partial charge on any atom is -0.322 e. The van der Waals surface area contributed by atoms with Crippen LogP contribution in [0.1, 0.15) is 26.4 Å².